The number of carbonyl (C=O) groups is 1. The van der Waals surface area contributed by atoms with E-state index in [0.717, 1.165) is 29.1 Å². The number of aromatic nitrogens is 2. The second-order valence-electron chi connectivity index (χ2n) is 5.29. The van der Waals surface area contributed by atoms with Gasteiger partial charge in [0.05, 0.1) is 10.7 Å². The van der Waals surface area contributed by atoms with Gasteiger partial charge in [0, 0.05) is 43.1 Å². The molecule has 112 valence electrons. The molecule has 0 atom stereocenters. The molecule has 1 amide bonds. The van der Waals surface area contributed by atoms with Crippen LogP contribution in [0, 0.1) is 0 Å². The molecule has 0 aromatic carbocycles. The molecule has 0 unspecified atom stereocenters. The Labute approximate surface area is 129 Å². The predicted molar refractivity (Wildman–Crippen MR) is 85.5 cm³/mol. The van der Waals surface area contributed by atoms with Crippen LogP contribution in [0.4, 0.5) is 0 Å². The molecule has 0 aliphatic heterocycles. The fourth-order valence-corrected chi connectivity index (χ4v) is 2.79. The molecule has 0 aliphatic rings. The normalized spacial score (nSPS) is 10.8. The zero-order chi connectivity index (χ0) is 15.1. The van der Waals surface area contributed by atoms with Gasteiger partial charge in [-0.15, -0.1) is 11.3 Å². The van der Waals surface area contributed by atoms with Gasteiger partial charge in [0.15, 0.2) is 0 Å². The minimum Gasteiger partial charge on any atom is -0.356 e. The van der Waals surface area contributed by atoms with Crippen LogP contribution in [0.15, 0.2) is 29.9 Å². The second-order valence-corrected chi connectivity index (χ2v) is 6.18. The third kappa shape index (κ3) is 5.27. The van der Waals surface area contributed by atoms with E-state index in [1.165, 1.54) is 0 Å². The average molecular weight is 303 g/mol. The first-order chi connectivity index (χ1) is 10.1. The maximum Gasteiger partial charge on any atom is 0.220 e. The monoisotopic (exact) mass is 303 g/mol. The third-order valence-electron chi connectivity index (χ3n) is 3.13. The smallest absolute Gasteiger partial charge is 0.220 e. The number of thiazole rings is 1. The van der Waals surface area contributed by atoms with Gasteiger partial charge in [-0.2, -0.15) is 0 Å². The van der Waals surface area contributed by atoms with Gasteiger partial charge in [0.2, 0.25) is 5.91 Å². The van der Waals surface area contributed by atoms with Crippen LogP contribution in [0.3, 0.4) is 0 Å². The number of rotatable bonds is 7. The van der Waals surface area contributed by atoms with Crippen molar-refractivity contribution in [2.75, 3.05) is 6.54 Å². The summed E-state index contributed by atoms with van der Waals surface area (Å²) in [5.74, 6) is 0.552. The zero-order valence-electron chi connectivity index (χ0n) is 12.5. The molecule has 2 rings (SSSR count). The van der Waals surface area contributed by atoms with Crippen molar-refractivity contribution in [2.24, 2.45) is 0 Å². The Morgan fingerprint density at radius 2 is 2.24 bits per heavy atom. The summed E-state index contributed by atoms with van der Waals surface area (Å²) in [6, 6.07) is 3.88. The number of nitrogens with one attached hydrogen (secondary N) is 1. The van der Waals surface area contributed by atoms with E-state index < -0.39 is 0 Å². The first-order valence-electron chi connectivity index (χ1n) is 7.25. The van der Waals surface area contributed by atoms with Crippen LogP contribution in [-0.4, -0.2) is 22.4 Å². The van der Waals surface area contributed by atoms with Crippen LogP contribution < -0.4 is 5.32 Å². The van der Waals surface area contributed by atoms with Crippen LogP contribution in [-0.2, 0) is 17.6 Å². The molecular formula is C16H21N3OS. The number of aryl methyl sites for hydroxylation is 1. The van der Waals surface area contributed by atoms with E-state index in [2.05, 4.69) is 34.5 Å². The average Bonchev–Trinajstić information content (AvgIpc) is 2.95. The summed E-state index contributed by atoms with van der Waals surface area (Å²) in [6.45, 7) is 4.93. The lowest BCUT2D eigenvalue weighted by molar-refractivity contribution is -0.121. The lowest BCUT2D eigenvalue weighted by Crippen LogP contribution is -2.25. The topological polar surface area (TPSA) is 54.9 Å². The minimum atomic E-state index is 0.0816. The van der Waals surface area contributed by atoms with E-state index in [-0.39, 0.29) is 5.91 Å². The van der Waals surface area contributed by atoms with Crippen molar-refractivity contribution in [1.82, 2.24) is 15.3 Å². The molecule has 1 N–H and O–H groups in total. The van der Waals surface area contributed by atoms with Gasteiger partial charge in [-0.3, -0.25) is 9.78 Å². The molecule has 2 aromatic heterocycles. The first-order valence-corrected chi connectivity index (χ1v) is 8.13. The number of carbonyl (C=O) groups excluding carboxylic acids is 1. The Morgan fingerprint density at radius 3 is 2.90 bits per heavy atom. The molecule has 21 heavy (non-hydrogen) atoms. The van der Waals surface area contributed by atoms with Crippen molar-refractivity contribution in [3.63, 3.8) is 0 Å². The molecule has 0 spiro atoms. The van der Waals surface area contributed by atoms with Crippen LogP contribution >= 0.6 is 11.3 Å². The molecule has 0 fully saturated rings. The van der Waals surface area contributed by atoms with Gasteiger partial charge < -0.3 is 5.32 Å². The summed E-state index contributed by atoms with van der Waals surface area (Å²) in [5, 5.41) is 6.19. The number of amides is 1. The maximum absolute atomic E-state index is 11.8. The molecule has 2 aromatic rings. The predicted octanol–water partition coefficient (Wildman–Crippen LogP) is 2.95. The van der Waals surface area contributed by atoms with Crippen LogP contribution in [0.5, 0.6) is 0 Å². The van der Waals surface area contributed by atoms with Gasteiger partial charge >= 0.3 is 0 Å². The third-order valence-corrected chi connectivity index (χ3v) is 4.32. The number of hydrogen-bond acceptors (Lipinski definition) is 4. The van der Waals surface area contributed by atoms with Gasteiger partial charge in [0.1, 0.15) is 0 Å². The maximum atomic E-state index is 11.8. The number of nitrogens with zero attached hydrogens (tertiary/aromatic N) is 2. The molecule has 2 heterocycles. The van der Waals surface area contributed by atoms with Crippen LogP contribution in [0.25, 0.3) is 0 Å². The highest BCUT2D eigenvalue weighted by atomic mass is 32.1. The highest BCUT2D eigenvalue weighted by molar-refractivity contribution is 7.09. The quantitative estimate of drug-likeness (QED) is 0.855. The summed E-state index contributed by atoms with van der Waals surface area (Å²) >= 11 is 1.69. The standard InChI is InChI=1S/C16H21N3OS/c1-12(2)16-19-14(11-21-16)7-9-18-15(20)6-5-13-4-3-8-17-10-13/h3-4,8,10-12H,5-7,9H2,1-2H3,(H,18,20). The van der Waals surface area contributed by atoms with E-state index in [9.17, 15) is 4.79 Å². The summed E-state index contributed by atoms with van der Waals surface area (Å²) in [5.41, 5.74) is 2.16. The summed E-state index contributed by atoms with van der Waals surface area (Å²) in [6.07, 6.45) is 5.56. The van der Waals surface area contributed by atoms with Crippen molar-refractivity contribution in [1.29, 1.82) is 0 Å². The van der Waals surface area contributed by atoms with Crippen molar-refractivity contribution in [2.45, 2.75) is 39.0 Å². The van der Waals surface area contributed by atoms with Gasteiger partial charge in [-0.05, 0) is 18.1 Å². The zero-order valence-corrected chi connectivity index (χ0v) is 13.3. The van der Waals surface area contributed by atoms with E-state index in [1.54, 1.807) is 23.7 Å². The molecule has 5 heteroatoms. The Kier molecular flexibility index (Phi) is 5.87. The van der Waals surface area contributed by atoms with Crippen molar-refractivity contribution >= 4 is 17.2 Å². The molecule has 0 saturated carbocycles. The molecule has 0 radical (unpaired) electrons. The van der Waals surface area contributed by atoms with Gasteiger partial charge in [-0.1, -0.05) is 19.9 Å². The Morgan fingerprint density at radius 1 is 1.38 bits per heavy atom. The van der Waals surface area contributed by atoms with Crippen LogP contribution in [0.1, 0.15) is 42.5 Å². The summed E-state index contributed by atoms with van der Waals surface area (Å²) in [7, 11) is 0. The largest absolute Gasteiger partial charge is 0.356 e. The Balaban J connectivity index is 1.67. The lowest BCUT2D eigenvalue weighted by atomic mass is 10.1. The number of pyridine rings is 1. The molecule has 0 aliphatic carbocycles. The molecule has 0 saturated heterocycles. The highest BCUT2D eigenvalue weighted by Gasteiger charge is 2.06. The Hall–Kier alpha value is -1.75. The van der Waals surface area contributed by atoms with Crippen molar-refractivity contribution in [3.05, 3.63) is 46.2 Å². The summed E-state index contributed by atoms with van der Waals surface area (Å²) < 4.78 is 0. The van der Waals surface area contributed by atoms with Crippen LogP contribution in [0.2, 0.25) is 0 Å². The van der Waals surface area contributed by atoms with E-state index in [1.807, 2.05) is 12.1 Å². The first kappa shape index (κ1) is 15.6. The molecule has 0 bridgehead atoms. The highest BCUT2D eigenvalue weighted by Crippen LogP contribution is 2.19. The minimum absolute atomic E-state index is 0.0816. The van der Waals surface area contributed by atoms with Crippen molar-refractivity contribution in [3.8, 4) is 0 Å². The lowest BCUT2D eigenvalue weighted by Gasteiger charge is -2.04. The Bertz CT molecular complexity index is 566. The molecular weight excluding hydrogens is 282 g/mol. The fraction of sp³-hybridized carbons (Fsp3) is 0.438. The SMILES string of the molecule is CC(C)c1nc(CCNC(=O)CCc2cccnc2)cs1. The number of hydrogen-bond donors (Lipinski definition) is 1. The second kappa shape index (κ2) is 7.88. The van der Waals surface area contributed by atoms with Gasteiger partial charge in [0.25, 0.3) is 0 Å². The van der Waals surface area contributed by atoms with E-state index in [0.29, 0.717) is 18.9 Å². The summed E-state index contributed by atoms with van der Waals surface area (Å²) in [4.78, 5) is 20.4. The molecule has 4 nitrogen and oxygen atoms in total. The van der Waals surface area contributed by atoms with Crippen molar-refractivity contribution < 1.29 is 4.79 Å². The van der Waals surface area contributed by atoms with E-state index in [4.69, 9.17) is 0 Å². The fourth-order valence-electron chi connectivity index (χ4n) is 1.92. The van der Waals surface area contributed by atoms with E-state index >= 15 is 0 Å². The van der Waals surface area contributed by atoms with Gasteiger partial charge in [-0.25, -0.2) is 4.98 Å².